The van der Waals surface area contributed by atoms with Crippen molar-refractivity contribution in [2.24, 2.45) is 5.92 Å². The van der Waals surface area contributed by atoms with Crippen LogP contribution in [0.3, 0.4) is 0 Å². The first-order valence-corrected chi connectivity index (χ1v) is 6.73. The normalized spacial score (nSPS) is 12.1. The third kappa shape index (κ3) is 4.34. The second-order valence-electron chi connectivity index (χ2n) is 3.84. The summed E-state index contributed by atoms with van der Waals surface area (Å²) in [5.74, 6) is 0.736. The highest BCUT2D eigenvalue weighted by molar-refractivity contribution is 9.09. The van der Waals surface area contributed by atoms with Crippen LogP contribution in [0.25, 0.3) is 0 Å². The maximum atomic E-state index is 10.8. The van der Waals surface area contributed by atoms with E-state index in [2.05, 4.69) is 22.9 Å². The second kappa shape index (κ2) is 7.27. The highest BCUT2D eigenvalue weighted by Crippen LogP contribution is 2.26. The van der Waals surface area contributed by atoms with Crippen molar-refractivity contribution in [1.29, 1.82) is 0 Å². The van der Waals surface area contributed by atoms with Crippen molar-refractivity contribution < 1.29 is 9.66 Å². The van der Waals surface area contributed by atoms with E-state index in [-0.39, 0.29) is 5.69 Å². The zero-order valence-corrected chi connectivity index (χ0v) is 11.4. The Balaban J connectivity index is 2.65. The molecule has 0 saturated carbocycles. The van der Waals surface area contributed by atoms with E-state index in [0.29, 0.717) is 18.3 Å². The standard InChI is InChI=1S/C12H16BrNO3/c1-2-5-10(8-13)9-17-12-7-4-3-6-11(12)14(15)16/h3-4,6-7,10H,2,5,8-9H2,1H3. The molecule has 0 aliphatic carbocycles. The molecule has 1 atom stereocenters. The summed E-state index contributed by atoms with van der Waals surface area (Å²) in [6.07, 6.45) is 2.13. The van der Waals surface area contributed by atoms with Crippen molar-refractivity contribution >= 4 is 21.6 Å². The first-order chi connectivity index (χ1) is 8.19. The van der Waals surface area contributed by atoms with E-state index in [9.17, 15) is 10.1 Å². The summed E-state index contributed by atoms with van der Waals surface area (Å²) in [7, 11) is 0. The van der Waals surface area contributed by atoms with E-state index in [4.69, 9.17) is 4.74 Å². The molecule has 5 heteroatoms. The van der Waals surface area contributed by atoms with E-state index >= 15 is 0 Å². The van der Waals surface area contributed by atoms with Crippen LogP contribution >= 0.6 is 15.9 Å². The summed E-state index contributed by atoms with van der Waals surface area (Å²) in [5.41, 5.74) is 0.0253. The molecular weight excluding hydrogens is 286 g/mol. The van der Waals surface area contributed by atoms with Crippen molar-refractivity contribution in [3.8, 4) is 5.75 Å². The molecule has 0 saturated heterocycles. The Morgan fingerprint density at radius 3 is 2.76 bits per heavy atom. The monoisotopic (exact) mass is 301 g/mol. The lowest BCUT2D eigenvalue weighted by molar-refractivity contribution is -0.385. The van der Waals surface area contributed by atoms with Crippen molar-refractivity contribution in [2.75, 3.05) is 11.9 Å². The van der Waals surface area contributed by atoms with Gasteiger partial charge < -0.3 is 4.74 Å². The topological polar surface area (TPSA) is 52.4 Å². The summed E-state index contributed by atoms with van der Waals surface area (Å²) in [4.78, 5) is 10.4. The Kier molecular flexibility index (Phi) is 5.97. The number of para-hydroxylation sites is 2. The molecule has 94 valence electrons. The van der Waals surface area contributed by atoms with Gasteiger partial charge in [-0.3, -0.25) is 10.1 Å². The molecule has 1 aromatic carbocycles. The van der Waals surface area contributed by atoms with E-state index in [1.165, 1.54) is 6.07 Å². The van der Waals surface area contributed by atoms with Gasteiger partial charge >= 0.3 is 5.69 Å². The lowest BCUT2D eigenvalue weighted by Gasteiger charge is -2.14. The fraction of sp³-hybridized carbons (Fsp3) is 0.500. The fourth-order valence-corrected chi connectivity index (χ4v) is 2.06. The van der Waals surface area contributed by atoms with Crippen LogP contribution in [0.4, 0.5) is 5.69 Å². The molecule has 4 nitrogen and oxygen atoms in total. The van der Waals surface area contributed by atoms with Gasteiger partial charge in [-0.25, -0.2) is 0 Å². The minimum absolute atomic E-state index is 0.0253. The summed E-state index contributed by atoms with van der Waals surface area (Å²) in [6, 6.07) is 6.47. The molecule has 0 N–H and O–H groups in total. The Morgan fingerprint density at radius 2 is 2.18 bits per heavy atom. The molecule has 0 aliphatic heterocycles. The maximum Gasteiger partial charge on any atom is 0.310 e. The second-order valence-corrected chi connectivity index (χ2v) is 4.49. The van der Waals surface area contributed by atoms with Crippen LogP contribution in [0.5, 0.6) is 5.75 Å². The van der Waals surface area contributed by atoms with E-state index in [1.54, 1.807) is 18.2 Å². The van der Waals surface area contributed by atoms with Crippen LogP contribution in [0.15, 0.2) is 24.3 Å². The Hall–Kier alpha value is -1.10. The van der Waals surface area contributed by atoms with Crippen LogP contribution in [-0.2, 0) is 0 Å². The van der Waals surface area contributed by atoms with Gasteiger partial charge in [-0.1, -0.05) is 41.4 Å². The van der Waals surface area contributed by atoms with Gasteiger partial charge in [-0.15, -0.1) is 0 Å². The minimum atomic E-state index is -0.418. The lowest BCUT2D eigenvalue weighted by atomic mass is 10.1. The lowest BCUT2D eigenvalue weighted by Crippen LogP contribution is -2.13. The van der Waals surface area contributed by atoms with Gasteiger partial charge in [0.2, 0.25) is 0 Å². The SMILES string of the molecule is CCCC(CBr)COc1ccccc1[N+](=O)[O-]. The van der Waals surface area contributed by atoms with Crippen LogP contribution < -0.4 is 4.74 Å². The molecule has 0 fully saturated rings. The third-order valence-corrected chi connectivity index (χ3v) is 3.37. The molecule has 1 unspecified atom stereocenters. The minimum Gasteiger partial charge on any atom is -0.486 e. The summed E-state index contributed by atoms with van der Waals surface area (Å²) in [5, 5.41) is 11.6. The average molecular weight is 302 g/mol. The van der Waals surface area contributed by atoms with Crippen molar-refractivity contribution in [2.45, 2.75) is 19.8 Å². The summed E-state index contributed by atoms with van der Waals surface area (Å²) in [6.45, 7) is 2.62. The quantitative estimate of drug-likeness (QED) is 0.437. The predicted octanol–water partition coefficient (Wildman–Crippen LogP) is 3.78. The van der Waals surface area contributed by atoms with Gasteiger partial charge in [0.25, 0.3) is 0 Å². The van der Waals surface area contributed by atoms with Crippen molar-refractivity contribution in [3.05, 3.63) is 34.4 Å². The molecule has 0 amide bonds. The number of nitro benzene ring substituents is 1. The molecule has 0 aromatic heterocycles. The van der Waals surface area contributed by atoms with Gasteiger partial charge in [0.1, 0.15) is 0 Å². The zero-order chi connectivity index (χ0) is 12.7. The van der Waals surface area contributed by atoms with E-state index in [1.807, 2.05) is 0 Å². The van der Waals surface area contributed by atoms with E-state index in [0.717, 1.165) is 18.2 Å². The van der Waals surface area contributed by atoms with Crippen LogP contribution in [0.1, 0.15) is 19.8 Å². The Morgan fingerprint density at radius 1 is 1.47 bits per heavy atom. The first-order valence-electron chi connectivity index (χ1n) is 5.61. The molecule has 0 heterocycles. The number of benzene rings is 1. The number of hydrogen-bond donors (Lipinski definition) is 0. The molecule has 0 bridgehead atoms. The third-order valence-electron chi connectivity index (χ3n) is 2.45. The smallest absolute Gasteiger partial charge is 0.310 e. The largest absolute Gasteiger partial charge is 0.486 e. The molecule has 0 radical (unpaired) electrons. The van der Waals surface area contributed by atoms with Crippen molar-refractivity contribution in [3.63, 3.8) is 0 Å². The molecule has 1 rings (SSSR count). The average Bonchev–Trinajstić information content (AvgIpc) is 2.34. The van der Waals surface area contributed by atoms with Gasteiger partial charge in [0, 0.05) is 17.3 Å². The van der Waals surface area contributed by atoms with Crippen LogP contribution in [0, 0.1) is 16.0 Å². The van der Waals surface area contributed by atoms with Gasteiger partial charge in [0.15, 0.2) is 5.75 Å². The maximum absolute atomic E-state index is 10.8. The molecule has 0 spiro atoms. The molecule has 0 aliphatic rings. The van der Waals surface area contributed by atoms with Crippen LogP contribution in [0.2, 0.25) is 0 Å². The number of ether oxygens (including phenoxy) is 1. The number of rotatable bonds is 7. The number of halogens is 1. The summed E-state index contributed by atoms with van der Waals surface area (Å²) < 4.78 is 5.53. The van der Waals surface area contributed by atoms with Gasteiger partial charge in [0.05, 0.1) is 11.5 Å². The molecule has 17 heavy (non-hydrogen) atoms. The van der Waals surface area contributed by atoms with Crippen molar-refractivity contribution in [1.82, 2.24) is 0 Å². The highest BCUT2D eigenvalue weighted by atomic mass is 79.9. The molecule has 1 aromatic rings. The zero-order valence-electron chi connectivity index (χ0n) is 9.77. The highest BCUT2D eigenvalue weighted by Gasteiger charge is 2.15. The predicted molar refractivity (Wildman–Crippen MR) is 70.8 cm³/mol. The Labute approximate surface area is 109 Å². The van der Waals surface area contributed by atoms with Crippen LogP contribution in [-0.4, -0.2) is 16.9 Å². The number of hydrogen-bond acceptors (Lipinski definition) is 3. The Bertz CT molecular complexity index is 371. The van der Waals surface area contributed by atoms with E-state index < -0.39 is 4.92 Å². The summed E-state index contributed by atoms with van der Waals surface area (Å²) >= 11 is 3.42. The number of nitrogens with zero attached hydrogens (tertiary/aromatic N) is 1. The first kappa shape index (κ1) is 14.0. The number of nitro groups is 1. The molecular formula is C12H16BrNO3. The van der Waals surface area contributed by atoms with Gasteiger partial charge in [-0.05, 0) is 12.5 Å². The fourth-order valence-electron chi connectivity index (χ4n) is 1.55. The number of alkyl halides is 1. The van der Waals surface area contributed by atoms with Gasteiger partial charge in [-0.2, -0.15) is 0 Å².